The van der Waals surface area contributed by atoms with E-state index in [0.29, 0.717) is 12.3 Å². The molecule has 0 aromatic heterocycles. The molecule has 1 unspecified atom stereocenters. The van der Waals surface area contributed by atoms with Crippen LogP contribution in [0.15, 0.2) is 24.3 Å². The molecule has 0 radical (unpaired) electrons. The fourth-order valence-electron chi connectivity index (χ4n) is 1.88. The van der Waals surface area contributed by atoms with Crippen molar-refractivity contribution in [1.82, 2.24) is 5.32 Å². The molecule has 18 heavy (non-hydrogen) atoms. The van der Waals surface area contributed by atoms with Gasteiger partial charge in [-0.3, -0.25) is 4.79 Å². The van der Waals surface area contributed by atoms with Crippen LogP contribution in [0.4, 0.5) is 0 Å². The Balaban J connectivity index is 2.82. The van der Waals surface area contributed by atoms with E-state index >= 15 is 0 Å². The second-order valence-corrected chi connectivity index (χ2v) is 4.88. The van der Waals surface area contributed by atoms with Gasteiger partial charge in [0.05, 0.1) is 13.2 Å². The Hall–Kier alpha value is -1.51. The van der Waals surface area contributed by atoms with E-state index in [1.807, 2.05) is 31.2 Å². The first-order valence-electron chi connectivity index (χ1n) is 6.50. The molecule has 1 amide bonds. The van der Waals surface area contributed by atoms with Gasteiger partial charge in [0.25, 0.3) is 0 Å². The van der Waals surface area contributed by atoms with Gasteiger partial charge in [-0.25, -0.2) is 0 Å². The summed E-state index contributed by atoms with van der Waals surface area (Å²) in [6.07, 6.45) is 1.46. The number of amides is 1. The van der Waals surface area contributed by atoms with Gasteiger partial charge >= 0.3 is 0 Å². The van der Waals surface area contributed by atoms with Gasteiger partial charge in [0.2, 0.25) is 5.91 Å². The number of hydrogen-bond donors (Lipinski definition) is 1. The Morgan fingerprint density at radius 3 is 2.33 bits per heavy atom. The average molecular weight is 249 g/mol. The molecule has 3 nitrogen and oxygen atoms in total. The maximum Gasteiger partial charge on any atom is 0.220 e. The maximum atomic E-state index is 11.6. The SMILES string of the molecule is CCC(=O)NC(CC(C)C)c1ccc(OC)cc1. The molecule has 100 valence electrons. The molecule has 0 aliphatic heterocycles. The van der Waals surface area contributed by atoms with Crippen LogP contribution in [-0.4, -0.2) is 13.0 Å². The molecule has 0 aliphatic carbocycles. The number of hydrogen-bond acceptors (Lipinski definition) is 2. The number of ether oxygens (including phenoxy) is 1. The van der Waals surface area contributed by atoms with E-state index in [1.54, 1.807) is 7.11 Å². The van der Waals surface area contributed by atoms with Crippen molar-refractivity contribution in [1.29, 1.82) is 0 Å². The normalized spacial score (nSPS) is 12.3. The Kier molecular flexibility index (Phi) is 5.69. The summed E-state index contributed by atoms with van der Waals surface area (Å²) < 4.78 is 5.14. The molecule has 0 spiro atoms. The third-order valence-corrected chi connectivity index (χ3v) is 2.88. The molecular formula is C15H23NO2. The van der Waals surface area contributed by atoms with E-state index in [0.717, 1.165) is 17.7 Å². The van der Waals surface area contributed by atoms with Crippen molar-refractivity contribution in [2.24, 2.45) is 5.92 Å². The van der Waals surface area contributed by atoms with Crippen LogP contribution in [0.1, 0.15) is 45.2 Å². The summed E-state index contributed by atoms with van der Waals surface area (Å²) in [4.78, 5) is 11.6. The van der Waals surface area contributed by atoms with Crippen molar-refractivity contribution >= 4 is 5.91 Å². The zero-order valence-corrected chi connectivity index (χ0v) is 11.7. The highest BCUT2D eigenvalue weighted by Gasteiger charge is 2.15. The van der Waals surface area contributed by atoms with Gasteiger partial charge in [-0.15, -0.1) is 0 Å². The van der Waals surface area contributed by atoms with Crippen LogP contribution in [-0.2, 0) is 4.79 Å². The molecule has 0 aliphatic rings. The molecule has 0 heterocycles. The Bertz CT molecular complexity index is 371. The largest absolute Gasteiger partial charge is 0.497 e. The van der Waals surface area contributed by atoms with E-state index in [-0.39, 0.29) is 11.9 Å². The van der Waals surface area contributed by atoms with E-state index in [9.17, 15) is 4.79 Å². The highest BCUT2D eigenvalue weighted by Crippen LogP contribution is 2.23. The van der Waals surface area contributed by atoms with Gasteiger partial charge < -0.3 is 10.1 Å². The lowest BCUT2D eigenvalue weighted by atomic mass is 9.97. The van der Waals surface area contributed by atoms with Crippen LogP contribution < -0.4 is 10.1 Å². The molecule has 1 rings (SSSR count). The monoisotopic (exact) mass is 249 g/mol. The van der Waals surface area contributed by atoms with Crippen molar-refractivity contribution in [3.63, 3.8) is 0 Å². The lowest BCUT2D eigenvalue weighted by Crippen LogP contribution is -2.28. The quantitative estimate of drug-likeness (QED) is 0.840. The third-order valence-electron chi connectivity index (χ3n) is 2.88. The number of nitrogens with one attached hydrogen (secondary N) is 1. The fraction of sp³-hybridized carbons (Fsp3) is 0.533. The van der Waals surface area contributed by atoms with Gasteiger partial charge in [-0.2, -0.15) is 0 Å². The molecule has 0 saturated carbocycles. The maximum absolute atomic E-state index is 11.6. The molecule has 1 aromatic carbocycles. The lowest BCUT2D eigenvalue weighted by Gasteiger charge is -2.21. The van der Waals surface area contributed by atoms with Crippen LogP contribution in [0.2, 0.25) is 0 Å². The second kappa shape index (κ2) is 7.04. The zero-order chi connectivity index (χ0) is 13.5. The highest BCUT2D eigenvalue weighted by molar-refractivity contribution is 5.76. The number of benzene rings is 1. The third kappa shape index (κ3) is 4.40. The smallest absolute Gasteiger partial charge is 0.220 e. The van der Waals surface area contributed by atoms with E-state index < -0.39 is 0 Å². The molecule has 1 atom stereocenters. The van der Waals surface area contributed by atoms with Crippen molar-refractivity contribution < 1.29 is 9.53 Å². The summed E-state index contributed by atoms with van der Waals surface area (Å²) in [5, 5.41) is 3.07. The highest BCUT2D eigenvalue weighted by atomic mass is 16.5. The van der Waals surface area contributed by atoms with Crippen molar-refractivity contribution in [3.05, 3.63) is 29.8 Å². The second-order valence-electron chi connectivity index (χ2n) is 4.88. The van der Waals surface area contributed by atoms with Gasteiger partial charge in [-0.1, -0.05) is 32.9 Å². The van der Waals surface area contributed by atoms with Crippen LogP contribution in [0, 0.1) is 5.92 Å². The number of carbonyl (C=O) groups is 1. The minimum absolute atomic E-state index is 0.0864. The minimum atomic E-state index is 0.0864. The fourth-order valence-corrected chi connectivity index (χ4v) is 1.88. The predicted octanol–water partition coefficient (Wildman–Crippen LogP) is 3.31. The Labute approximate surface area is 110 Å². The van der Waals surface area contributed by atoms with Gasteiger partial charge in [-0.05, 0) is 30.0 Å². The zero-order valence-electron chi connectivity index (χ0n) is 11.7. The first kappa shape index (κ1) is 14.6. The van der Waals surface area contributed by atoms with Crippen molar-refractivity contribution in [2.45, 2.75) is 39.7 Å². The van der Waals surface area contributed by atoms with Crippen LogP contribution in [0.3, 0.4) is 0 Å². The Morgan fingerprint density at radius 2 is 1.89 bits per heavy atom. The predicted molar refractivity (Wildman–Crippen MR) is 73.6 cm³/mol. The summed E-state index contributed by atoms with van der Waals surface area (Å²) in [6, 6.07) is 7.98. The number of rotatable bonds is 6. The molecule has 0 fully saturated rings. The first-order chi connectivity index (χ1) is 8.56. The standard InChI is InChI=1S/C15H23NO2/c1-5-15(17)16-14(10-11(2)3)12-6-8-13(18-4)9-7-12/h6-9,11,14H,5,10H2,1-4H3,(H,16,17). The van der Waals surface area contributed by atoms with E-state index in [4.69, 9.17) is 4.74 Å². The summed E-state index contributed by atoms with van der Waals surface area (Å²) >= 11 is 0. The number of methoxy groups -OCH3 is 1. The van der Waals surface area contributed by atoms with Gasteiger partial charge in [0.1, 0.15) is 5.75 Å². The van der Waals surface area contributed by atoms with Crippen LogP contribution in [0.5, 0.6) is 5.75 Å². The molecular weight excluding hydrogens is 226 g/mol. The molecule has 1 aromatic rings. The Morgan fingerprint density at radius 1 is 1.28 bits per heavy atom. The number of carbonyl (C=O) groups excluding carboxylic acids is 1. The molecule has 1 N–H and O–H groups in total. The summed E-state index contributed by atoms with van der Waals surface area (Å²) in [5.41, 5.74) is 1.13. The van der Waals surface area contributed by atoms with Crippen molar-refractivity contribution in [3.8, 4) is 5.75 Å². The van der Waals surface area contributed by atoms with Crippen molar-refractivity contribution in [2.75, 3.05) is 7.11 Å². The molecule has 0 saturated heterocycles. The topological polar surface area (TPSA) is 38.3 Å². The van der Waals surface area contributed by atoms with Gasteiger partial charge in [0, 0.05) is 6.42 Å². The van der Waals surface area contributed by atoms with E-state index in [2.05, 4.69) is 19.2 Å². The summed E-state index contributed by atoms with van der Waals surface area (Å²) in [7, 11) is 1.65. The summed E-state index contributed by atoms with van der Waals surface area (Å²) in [5.74, 6) is 1.47. The molecule has 0 bridgehead atoms. The lowest BCUT2D eigenvalue weighted by molar-refractivity contribution is -0.121. The van der Waals surface area contributed by atoms with E-state index in [1.165, 1.54) is 0 Å². The van der Waals surface area contributed by atoms with Gasteiger partial charge in [0.15, 0.2) is 0 Å². The average Bonchev–Trinajstić information content (AvgIpc) is 2.37. The summed E-state index contributed by atoms with van der Waals surface area (Å²) in [6.45, 7) is 6.19. The first-order valence-corrected chi connectivity index (χ1v) is 6.50. The van der Waals surface area contributed by atoms with Crippen LogP contribution >= 0.6 is 0 Å². The molecule has 3 heteroatoms. The minimum Gasteiger partial charge on any atom is -0.497 e. The van der Waals surface area contributed by atoms with Crippen LogP contribution in [0.25, 0.3) is 0 Å².